The Morgan fingerprint density at radius 2 is 1.71 bits per heavy atom. The van der Waals surface area contributed by atoms with Crippen molar-refractivity contribution in [3.63, 3.8) is 0 Å². The lowest BCUT2D eigenvalue weighted by molar-refractivity contribution is -0.112. The van der Waals surface area contributed by atoms with Crippen molar-refractivity contribution >= 4 is 23.8 Å². The number of amides is 1. The van der Waals surface area contributed by atoms with Crippen molar-refractivity contribution in [1.82, 2.24) is 0 Å². The lowest BCUT2D eigenvalue weighted by Crippen LogP contribution is -2.25. The van der Waals surface area contributed by atoms with Crippen LogP contribution in [0.1, 0.15) is 16.7 Å². The van der Waals surface area contributed by atoms with Crippen molar-refractivity contribution in [2.24, 2.45) is 10.9 Å². The Balaban J connectivity index is 2.39. The summed E-state index contributed by atoms with van der Waals surface area (Å²) >= 11 is 0. The van der Waals surface area contributed by atoms with Crippen LogP contribution in [0.3, 0.4) is 0 Å². The fourth-order valence-electron chi connectivity index (χ4n) is 1.93. The summed E-state index contributed by atoms with van der Waals surface area (Å²) in [6.07, 6.45) is 3.88. The Morgan fingerprint density at radius 3 is 2.38 bits per heavy atom. The number of nitrogens with two attached hydrogens (primary N) is 1. The molecule has 2 aromatic rings. The maximum Gasteiger partial charge on any atom is 0.271 e. The molecule has 0 aliphatic carbocycles. The highest BCUT2D eigenvalue weighted by Gasteiger charge is 2.13. The van der Waals surface area contributed by atoms with Crippen molar-refractivity contribution in [2.75, 3.05) is 7.11 Å². The lowest BCUT2D eigenvalue weighted by atomic mass is 10.0. The van der Waals surface area contributed by atoms with Gasteiger partial charge < -0.3 is 10.6 Å². The second kappa shape index (κ2) is 7.05. The van der Waals surface area contributed by atoms with Gasteiger partial charge in [-0.2, -0.15) is 0 Å². The Kier molecular flexibility index (Phi) is 4.88. The van der Waals surface area contributed by atoms with E-state index in [0.717, 1.165) is 11.1 Å². The number of hydrogen-bond acceptors (Lipinski definition) is 3. The number of hydrogen-bond donors (Lipinski definition) is 1. The molecule has 2 aromatic carbocycles. The van der Waals surface area contributed by atoms with Crippen LogP contribution in [0.4, 0.5) is 0 Å². The van der Waals surface area contributed by atoms with Crippen molar-refractivity contribution in [3.05, 3.63) is 71.3 Å². The van der Waals surface area contributed by atoms with E-state index in [0.29, 0.717) is 5.56 Å². The van der Waals surface area contributed by atoms with Crippen LogP contribution in [0.25, 0.3) is 12.2 Å². The predicted molar refractivity (Wildman–Crippen MR) is 84.6 cm³/mol. The van der Waals surface area contributed by atoms with E-state index >= 15 is 0 Å². The van der Waals surface area contributed by atoms with Crippen molar-refractivity contribution in [3.8, 4) is 0 Å². The molecule has 4 heteroatoms. The molecule has 21 heavy (non-hydrogen) atoms. The molecule has 0 bridgehead atoms. The first-order valence-corrected chi connectivity index (χ1v) is 6.46. The quantitative estimate of drug-likeness (QED) is 0.520. The zero-order valence-electron chi connectivity index (χ0n) is 11.7. The topological polar surface area (TPSA) is 64.7 Å². The second-order valence-electron chi connectivity index (χ2n) is 4.32. The molecule has 2 N–H and O–H groups in total. The Bertz CT molecular complexity index is 676. The van der Waals surface area contributed by atoms with Crippen LogP contribution >= 0.6 is 0 Å². The van der Waals surface area contributed by atoms with Gasteiger partial charge in [0.2, 0.25) is 0 Å². The number of rotatable bonds is 5. The van der Waals surface area contributed by atoms with Gasteiger partial charge in [-0.25, -0.2) is 0 Å². The SMILES string of the molecule is CON=C(C(N)=O)c1ccccc1C=Cc1ccccc1. The van der Waals surface area contributed by atoms with Gasteiger partial charge in [-0.1, -0.05) is 71.9 Å². The third-order valence-electron chi connectivity index (χ3n) is 2.89. The molecule has 0 aromatic heterocycles. The number of nitrogens with zero attached hydrogens (tertiary/aromatic N) is 1. The molecule has 0 saturated carbocycles. The number of carbonyl (C=O) groups excluding carboxylic acids is 1. The highest BCUT2D eigenvalue weighted by molar-refractivity contribution is 6.45. The van der Waals surface area contributed by atoms with Gasteiger partial charge in [0.1, 0.15) is 7.11 Å². The fraction of sp³-hybridized carbons (Fsp3) is 0.0588. The third kappa shape index (κ3) is 3.79. The number of carbonyl (C=O) groups is 1. The average Bonchev–Trinajstić information content (AvgIpc) is 2.52. The van der Waals surface area contributed by atoms with E-state index in [1.54, 1.807) is 6.07 Å². The summed E-state index contributed by atoms with van der Waals surface area (Å²) in [5.74, 6) is -0.627. The van der Waals surface area contributed by atoms with E-state index < -0.39 is 5.91 Å². The van der Waals surface area contributed by atoms with Crippen LogP contribution in [-0.2, 0) is 9.63 Å². The van der Waals surface area contributed by atoms with E-state index in [-0.39, 0.29) is 5.71 Å². The van der Waals surface area contributed by atoms with E-state index in [1.165, 1.54) is 7.11 Å². The molecule has 0 fully saturated rings. The maximum atomic E-state index is 11.5. The molecule has 4 nitrogen and oxygen atoms in total. The molecule has 1 amide bonds. The summed E-state index contributed by atoms with van der Waals surface area (Å²) in [7, 11) is 1.38. The van der Waals surface area contributed by atoms with E-state index in [2.05, 4.69) is 5.16 Å². The molecule has 0 heterocycles. The van der Waals surface area contributed by atoms with E-state index in [1.807, 2.05) is 60.7 Å². The largest absolute Gasteiger partial charge is 0.398 e. The molecule has 0 spiro atoms. The molecular formula is C17H16N2O2. The number of benzene rings is 2. The van der Waals surface area contributed by atoms with Gasteiger partial charge in [0.15, 0.2) is 5.71 Å². The number of oxime groups is 1. The van der Waals surface area contributed by atoms with Crippen molar-refractivity contribution in [2.45, 2.75) is 0 Å². The molecule has 0 unspecified atom stereocenters. The summed E-state index contributed by atoms with van der Waals surface area (Å²) in [6, 6.07) is 17.3. The Labute approximate surface area is 123 Å². The van der Waals surface area contributed by atoms with Crippen LogP contribution in [0.15, 0.2) is 59.8 Å². The molecule has 106 valence electrons. The normalized spacial score (nSPS) is 11.6. The van der Waals surface area contributed by atoms with Gasteiger partial charge in [-0.3, -0.25) is 4.79 Å². The molecule has 0 radical (unpaired) electrons. The van der Waals surface area contributed by atoms with E-state index in [9.17, 15) is 4.79 Å². The molecule has 0 saturated heterocycles. The average molecular weight is 280 g/mol. The molecule has 0 atom stereocenters. The summed E-state index contributed by atoms with van der Waals surface area (Å²) in [5.41, 5.74) is 8.01. The van der Waals surface area contributed by atoms with Gasteiger partial charge >= 0.3 is 0 Å². The first-order valence-electron chi connectivity index (χ1n) is 6.46. The smallest absolute Gasteiger partial charge is 0.271 e. The van der Waals surface area contributed by atoms with Gasteiger partial charge in [-0.15, -0.1) is 0 Å². The summed E-state index contributed by atoms with van der Waals surface area (Å²) in [6.45, 7) is 0. The van der Waals surface area contributed by atoms with Crippen LogP contribution in [0.5, 0.6) is 0 Å². The minimum atomic E-state index is -0.627. The highest BCUT2D eigenvalue weighted by Crippen LogP contribution is 2.14. The molecule has 2 rings (SSSR count). The zero-order chi connectivity index (χ0) is 15.1. The summed E-state index contributed by atoms with van der Waals surface area (Å²) in [4.78, 5) is 16.2. The Hall–Kier alpha value is -2.88. The predicted octanol–water partition coefficient (Wildman–Crippen LogP) is 2.69. The Morgan fingerprint density at radius 1 is 1.05 bits per heavy atom. The monoisotopic (exact) mass is 280 g/mol. The van der Waals surface area contributed by atoms with Crippen LogP contribution in [-0.4, -0.2) is 18.7 Å². The van der Waals surface area contributed by atoms with Crippen molar-refractivity contribution in [1.29, 1.82) is 0 Å². The first-order chi connectivity index (χ1) is 10.2. The van der Waals surface area contributed by atoms with E-state index in [4.69, 9.17) is 10.6 Å². The molecular weight excluding hydrogens is 264 g/mol. The summed E-state index contributed by atoms with van der Waals surface area (Å²) < 4.78 is 0. The second-order valence-corrected chi connectivity index (χ2v) is 4.32. The van der Waals surface area contributed by atoms with Gasteiger partial charge in [0.05, 0.1) is 0 Å². The minimum absolute atomic E-state index is 0.103. The van der Waals surface area contributed by atoms with Crippen LogP contribution < -0.4 is 5.73 Å². The van der Waals surface area contributed by atoms with Gasteiger partial charge in [0, 0.05) is 5.56 Å². The molecule has 0 aliphatic rings. The van der Waals surface area contributed by atoms with Crippen LogP contribution in [0.2, 0.25) is 0 Å². The first kappa shape index (κ1) is 14.5. The standard InChI is InChI=1S/C17H16N2O2/c1-21-19-16(17(18)20)15-10-6-5-9-14(15)12-11-13-7-3-2-4-8-13/h2-12H,1H3,(H2,18,20). The van der Waals surface area contributed by atoms with Gasteiger partial charge in [-0.05, 0) is 11.1 Å². The van der Waals surface area contributed by atoms with Gasteiger partial charge in [0.25, 0.3) is 5.91 Å². The number of primary amides is 1. The lowest BCUT2D eigenvalue weighted by Gasteiger charge is -2.06. The minimum Gasteiger partial charge on any atom is -0.398 e. The highest BCUT2D eigenvalue weighted by atomic mass is 16.6. The van der Waals surface area contributed by atoms with Crippen molar-refractivity contribution < 1.29 is 9.63 Å². The van der Waals surface area contributed by atoms with Crippen LogP contribution in [0, 0.1) is 0 Å². The summed E-state index contributed by atoms with van der Waals surface area (Å²) in [5, 5.41) is 3.72. The fourth-order valence-corrected chi connectivity index (χ4v) is 1.93. The zero-order valence-corrected chi connectivity index (χ0v) is 11.7. The third-order valence-corrected chi connectivity index (χ3v) is 2.89. The maximum absolute atomic E-state index is 11.5. The molecule has 0 aliphatic heterocycles.